The average Bonchev–Trinajstić information content (AvgIpc) is 1.96. The minimum atomic E-state index is -0.697. The molecule has 1 rings (SSSR count). The van der Waals surface area contributed by atoms with Gasteiger partial charge in [-0.3, -0.25) is 10.1 Å². The van der Waals surface area contributed by atoms with Gasteiger partial charge in [-0.25, -0.2) is 4.39 Å². The second kappa shape index (κ2) is 3.06. The van der Waals surface area contributed by atoms with Crippen molar-refractivity contribution < 1.29 is 9.31 Å². The number of hydrogen-bond donors (Lipinski definition) is 0. The monoisotopic (exact) mass is 189 g/mol. The van der Waals surface area contributed by atoms with Gasteiger partial charge in [0.15, 0.2) is 0 Å². The molecule has 0 bridgehead atoms. The molecular formula is C7H5ClFNO2. The fraction of sp³-hybridized carbons (Fsp3) is 0.143. The van der Waals surface area contributed by atoms with Crippen LogP contribution < -0.4 is 0 Å². The van der Waals surface area contributed by atoms with E-state index in [9.17, 15) is 14.5 Å². The highest BCUT2D eigenvalue weighted by Crippen LogP contribution is 2.26. The molecule has 0 amide bonds. The van der Waals surface area contributed by atoms with E-state index in [0.717, 1.165) is 12.1 Å². The lowest BCUT2D eigenvalue weighted by Crippen LogP contribution is -1.93. The molecule has 0 spiro atoms. The summed E-state index contributed by atoms with van der Waals surface area (Å²) in [5, 5.41) is 10.4. The van der Waals surface area contributed by atoms with Gasteiger partial charge in [0.05, 0.1) is 16.0 Å². The molecule has 1 aromatic rings. The van der Waals surface area contributed by atoms with Gasteiger partial charge in [0.2, 0.25) is 0 Å². The van der Waals surface area contributed by atoms with Gasteiger partial charge in [-0.1, -0.05) is 11.6 Å². The molecule has 0 N–H and O–H groups in total. The predicted molar refractivity (Wildman–Crippen MR) is 42.8 cm³/mol. The Bertz CT molecular complexity index is 340. The summed E-state index contributed by atoms with van der Waals surface area (Å²) >= 11 is 5.52. The molecule has 0 radical (unpaired) electrons. The van der Waals surface area contributed by atoms with Crippen LogP contribution in [-0.4, -0.2) is 4.92 Å². The fourth-order valence-corrected chi connectivity index (χ4v) is 1.02. The molecular weight excluding hydrogens is 185 g/mol. The van der Waals surface area contributed by atoms with Crippen molar-refractivity contribution in [2.75, 3.05) is 0 Å². The number of nitro benzene ring substituents is 1. The number of nitro groups is 1. The van der Waals surface area contributed by atoms with Crippen molar-refractivity contribution in [3.8, 4) is 0 Å². The largest absolute Gasteiger partial charge is 0.276 e. The van der Waals surface area contributed by atoms with Crippen LogP contribution in [-0.2, 0) is 0 Å². The molecule has 0 atom stereocenters. The van der Waals surface area contributed by atoms with Crippen LogP contribution in [0.1, 0.15) is 5.56 Å². The van der Waals surface area contributed by atoms with Crippen molar-refractivity contribution in [2.24, 2.45) is 0 Å². The second-order valence-corrected chi connectivity index (χ2v) is 2.70. The zero-order valence-electron chi connectivity index (χ0n) is 6.17. The lowest BCUT2D eigenvalue weighted by atomic mass is 10.2. The highest BCUT2D eigenvalue weighted by Gasteiger charge is 2.14. The van der Waals surface area contributed by atoms with Crippen molar-refractivity contribution in [1.29, 1.82) is 0 Å². The Morgan fingerprint density at radius 2 is 2.17 bits per heavy atom. The van der Waals surface area contributed by atoms with E-state index >= 15 is 0 Å². The van der Waals surface area contributed by atoms with Crippen LogP contribution in [0.25, 0.3) is 0 Å². The van der Waals surface area contributed by atoms with Crippen LogP contribution in [0.15, 0.2) is 12.1 Å². The molecule has 0 saturated carbocycles. The average molecular weight is 190 g/mol. The number of nitrogens with zero attached hydrogens (tertiary/aromatic N) is 1. The van der Waals surface area contributed by atoms with Crippen LogP contribution in [0.3, 0.4) is 0 Å². The molecule has 0 aliphatic rings. The van der Waals surface area contributed by atoms with E-state index in [2.05, 4.69) is 0 Å². The quantitative estimate of drug-likeness (QED) is 0.504. The third-order valence-electron chi connectivity index (χ3n) is 1.48. The highest BCUT2D eigenvalue weighted by molar-refractivity contribution is 6.31. The maximum Gasteiger partial charge on any atom is 0.276 e. The van der Waals surface area contributed by atoms with E-state index in [4.69, 9.17) is 11.6 Å². The van der Waals surface area contributed by atoms with Gasteiger partial charge in [-0.05, 0) is 13.0 Å². The lowest BCUT2D eigenvalue weighted by Gasteiger charge is -1.98. The maximum atomic E-state index is 12.6. The fourth-order valence-electron chi connectivity index (χ4n) is 0.822. The summed E-state index contributed by atoms with van der Waals surface area (Å²) in [6.07, 6.45) is 0. The summed E-state index contributed by atoms with van der Waals surface area (Å²) in [5.74, 6) is -0.697. The first-order valence-corrected chi connectivity index (χ1v) is 3.50. The van der Waals surface area contributed by atoms with Gasteiger partial charge in [-0.2, -0.15) is 0 Å². The first-order valence-electron chi connectivity index (χ1n) is 3.12. The van der Waals surface area contributed by atoms with E-state index in [1.807, 2.05) is 0 Å². The molecule has 12 heavy (non-hydrogen) atoms. The molecule has 0 unspecified atom stereocenters. The van der Waals surface area contributed by atoms with Gasteiger partial charge in [-0.15, -0.1) is 0 Å². The summed E-state index contributed by atoms with van der Waals surface area (Å²) in [6, 6.07) is 1.89. The van der Waals surface area contributed by atoms with Gasteiger partial charge in [0.25, 0.3) is 5.69 Å². The summed E-state index contributed by atoms with van der Waals surface area (Å²) in [4.78, 5) is 9.64. The van der Waals surface area contributed by atoms with Crippen molar-refractivity contribution >= 4 is 17.3 Å². The second-order valence-electron chi connectivity index (χ2n) is 2.29. The molecule has 0 aliphatic carbocycles. The van der Waals surface area contributed by atoms with E-state index in [1.54, 1.807) is 0 Å². The third kappa shape index (κ3) is 1.53. The van der Waals surface area contributed by atoms with Crippen molar-refractivity contribution in [3.05, 3.63) is 38.7 Å². The number of halogens is 2. The van der Waals surface area contributed by atoms with E-state index in [1.165, 1.54) is 6.92 Å². The zero-order chi connectivity index (χ0) is 9.30. The predicted octanol–water partition coefficient (Wildman–Crippen LogP) is 2.70. The topological polar surface area (TPSA) is 43.1 Å². The van der Waals surface area contributed by atoms with E-state index < -0.39 is 10.7 Å². The zero-order valence-corrected chi connectivity index (χ0v) is 6.93. The first-order chi connectivity index (χ1) is 5.52. The first kappa shape index (κ1) is 8.93. The maximum absolute atomic E-state index is 12.6. The third-order valence-corrected chi connectivity index (χ3v) is 1.87. The van der Waals surface area contributed by atoms with Crippen LogP contribution >= 0.6 is 11.6 Å². The Hall–Kier alpha value is -1.16. The molecule has 0 aliphatic heterocycles. The Labute approximate surface area is 72.9 Å². The summed E-state index contributed by atoms with van der Waals surface area (Å²) in [7, 11) is 0. The molecule has 1 aromatic carbocycles. The molecule has 0 saturated heterocycles. The summed E-state index contributed by atoms with van der Waals surface area (Å²) < 4.78 is 12.6. The van der Waals surface area contributed by atoms with Crippen molar-refractivity contribution in [2.45, 2.75) is 6.92 Å². The van der Waals surface area contributed by atoms with E-state index in [-0.39, 0.29) is 16.3 Å². The number of rotatable bonds is 1. The standard InChI is InChI=1S/C7H5ClFNO2/c1-4-6(8)2-5(9)3-7(4)10(11)12/h2-3H,1H3. The Kier molecular flexibility index (Phi) is 2.28. The smallest absolute Gasteiger partial charge is 0.258 e. The van der Waals surface area contributed by atoms with Crippen LogP contribution in [0.4, 0.5) is 10.1 Å². The van der Waals surface area contributed by atoms with Gasteiger partial charge in [0, 0.05) is 5.56 Å². The summed E-state index contributed by atoms with van der Waals surface area (Å²) in [5.41, 5.74) is -0.0110. The van der Waals surface area contributed by atoms with Crippen molar-refractivity contribution in [1.82, 2.24) is 0 Å². The Balaban J connectivity index is 3.37. The normalized spacial score (nSPS) is 9.92. The number of hydrogen-bond acceptors (Lipinski definition) is 2. The molecule has 64 valence electrons. The molecule has 0 aromatic heterocycles. The van der Waals surface area contributed by atoms with Crippen LogP contribution in [0.5, 0.6) is 0 Å². The van der Waals surface area contributed by atoms with E-state index in [0.29, 0.717) is 0 Å². The minimum absolute atomic E-state index is 0.0710. The minimum Gasteiger partial charge on any atom is -0.258 e. The highest BCUT2D eigenvalue weighted by atomic mass is 35.5. The Morgan fingerprint density at radius 1 is 1.58 bits per heavy atom. The van der Waals surface area contributed by atoms with Crippen molar-refractivity contribution in [3.63, 3.8) is 0 Å². The van der Waals surface area contributed by atoms with Crippen LogP contribution in [0, 0.1) is 22.9 Å². The molecule has 0 fully saturated rings. The lowest BCUT2D eigenvalue weighted by molar-refractivity contribution is -0.385. The summed E-state index contributed by atoms with van der Waals surface area (Å²) in [6.45, 7) is 1.47. The molecule has 0 heterocycles. The van der Waals surface area contributed by atoms with Gasteiger partial charge >= 0.3 is 0 Å². The SMILES string of the molecule is Cc1c(Cl)cc(F)cc1[N+](=O)[O-]. The van der Waals surface area contributed by atoms with Gasteiger partial charge in [0.1, 0.15) is 5.82 Å². The Morgan fingerprint density at radius 3 is 2.67 bits per heavy atom. The molecule has 5 heteroatoms. The van der Waals surface area contributed by atoms with Gasteiger partial charge < -0.3 is 0 Å². The van der Waals surface area contributed by atoms with Crippen LogP contribution in [0.2, 0.25) is 5.02 Å². The number of benzene rings is 1. The molecule has 3 nitrogen and oxygen atoms in total.